The van der Waals surface area contributed by atoms with Crippen molar-refractivity contribution in [2.75, 3.05) is 26.4 Å². The van der Waals surface area contributed by atoms with Crippen LogP contribution in [0.3, 0.4) is 0 Å². The minimum Gasteiger partial charge on any atom is -0.394 e. The Kier molecular flexibility index (Phi) is 16.8. The van der Waals surface area contributed by atoms with Crippen LogP contribution in [0.15, 0.2) is 0 Å². The average Bonchev–Trinajstić information content (AvgIpc) is 3.13. The second-order valence-electron chi connectivity index (χ2n) is 14.2. The summed E-state index contributed by atoms with van der Waals surface area (Å²) in [4.78, 5) is 47.4. The van der Waals surface area contributed by atoms with E-state index < -0.39 is 173 Å². The van der Waals surface area contributed by atoms with E-state index in [1.165, 1.54) is 0 Å². The van der Waals surface area contributed by atoms with Gasteiger partial charge in [0.15, 0.2) is 25.2 Å². The lowest BCUT2D eigenvalue weighted by Crippen LogP contribution is -2.67. The number of ether oxygens (including phenoxy) is 7. The maximum atomic E-state index is 12.1. The molecule has 4 saturated heterocycles. The normalized spacial score (nSPS) is 43.8. The van der Waals surface area contributed by atoms with E-state index in [1.54, 1.807) is 0 Å². The van der Waals surface area contributed by atoms with E-state index in [-0.39, 0.29) is 0 Å². The first kappa shape index (κ1) is 46.9. The predicted molar refractivity (Wildman–Crippen MR) is 180 cm³/mol. The van der Waals surface area contributed by atoms with Crippen LogP contribution in [-0.4, -0.2) is 224 Å². The van der Waals surface area contributed by atoms with Crippen molar-refractivity contribution in [3.63, 3.8) is 0 Å². The molecule has 25 nitrogen and oxygen atoms in total. The molecular weight excluding hydrogens is 776 g/mol. The van der Waals surface area contributed by atoms with Crippen LogP contribution < -0.4 is 21.3 Å². The third-order valence-corrected chi connectivity index (χ3v) is 9.76. The topological polar surface area (TPSA) is 383 Å². The fourth-order valence-corrected chi connectivity index (χ4v) is 6.86. The number of amides is 4. The summed E-state index contributed by atoms with van der Waals surface area (Å²) in [5.74, 6) is -2.62. The van der Waals surface area contributed by atoms with Gasteiger partial charge in [-0.2, -0.15) is 0 Å². The Balaban J connectivity index is 1.47. The molecule has 0 spiro atoms. The Bertz CT molecular complexity index is 1370. The molecule has 0 aromatic heterocycles. The van der Waals surface area contributed by atoms with E-state index in [0.29, 0.717) is 0 Å². The number of hydrogen-bond donors (Lipinski definition) is 14. The zero-order valence-electron chi connectivity index (χ0n) is 31.3. The zero-order chi connectivity index (χ0) is 42.5. The number of nitrogens with one attached hydrogen (secondary N) is 4. The number of aliphatic hydroxyl groups excluding tert-OH is 10. The second-order valence-corrected chi connectivity index (χ2v) is 14.2. The molecule has 0 radical (unpaired) electrons. The average molecular weight is 831 g/mol. The smallest absolute Gasteiger partial charge is 0.217 e. The van der Waals surface area contributed by atoms with Crippen molar-refractivity contribution >= 4 is 23.6 Å². The SMILES string of the molecule is CC(=O)N[C@H]1[C@H](OC[C@H]2O[C@@H](OC[C@H]3O[C@@H](OC[C@H]4OC(O)[C@H](NC(C)=O)[C@@H](O)[C@H]4O)[C@H](NC(C)=O)[C@@H](O)[C@H]3O)[C@H](NC(C)=O)[C@@H](O)[C@H]2O)O[C@H](CO)[C@H](O)[C@@H]1O. The molecule has 0 aromatic rings. The Hall–Kier alpha value is -2.80. The fourth-order valence-electron chi connectivity index (χ4n) is 6.86. The van der Waals surface area contributed by atoms with Crippen LogP contribution in [0.4, 0.5) is 0 Å². The molecule has 4 rings (SSSR count). The Labute approximate surface area is 325 Å². The zero-order valence-corrected chi connectivity index (χ0v) is 31.3. The summed E-state index contributed by atoms with van der Waals surface area (Å²) in [5.41, 5.74) is 0. The summed E-state index contributed by atoms with van der Waals surface area (Å²) >= 11 is 0. The second kappa shape index (κ2) is 20.4. The summed E-state index contributed by atoms with van der Waals surface area (Å²) in [6.45, 7) is 1.76. The monoisotopic (exact) mass is 830 g/mol. The Morgan fingerprint density at radius 3 is 1.00 bits per heavy atom. The molecule has 0 aromatic carbocycles. The van der Waals surface area contributed by atoms with Crippen molar-refractivity contribution in [2.45, 2.75) is 150 Å². The van der Waals surface area contributed by atoms with E-state index in [1.807, 2.05) is 0 Å². The molecule has 25 heteroatoms. The summed E-state index contributed by atoms with van der Waals surface area (Å²) in [6.07, 6.45) is -26.2. The van der Waals surface area contributed by atoms with Gasteiger partial charge in [0.25, 0.3) is 0 Å². The number of carbonyl (C=O) groups excluding carboxylic acids is 4. The first-order chi connectivity index (χ1) is 26.7. The molecule has 4 aliphatic heterocycles. The minimum atomic E-state index is -1.80. The van der Waals surface area contributed by atoms with E-state index in [9.17, 15) is 70.2 Å². The molecule has 4 heterocycles. The molecular formula is C32H54N4O21. The maximum Gasteiger partial charge on any atom is 0.217 e. The van der Waals surface area contributed by atoms with E-state index in [4.69, 9.17) is 33.2 Å². The molecule has 0 bridgehead atoms. The van der Waals surface area contributed by atoms with Gasteiger partial charge in [0.05, 0.1) is 26.4 Å². The third-order valence-electron chi connectivity index (χ3n) is 9.76. The molecule has 4 amide bonds. The maximum absolute atomic E-state index is 12.1. The van der Waals surface area contributed by atoms with E-state index >= 15 is 0 Å². The largest absolute Gasteiger partial charge is 0.394 e. The van der Waals surface area contributed by atoms with Crippen LogP contribution in [0.2, 0.25) is 0 Å². The lowest BCUT2D eigenvalue weighted by molar-refractivity contribution is -0.320. The van der Waals surface area contributed by atoms with Crippen LogP contribution in [0.5, 0.6) is 0 Å². The highest BCUT2D eigenvalue weighted by Gasteiger charge is 2.51. The molecule has 20 atom stereocenters. The molecule has 0 aliphatic carbocycles. The van der Waals surface area contributed by atoms with Gasteiger partial charge in [-0.3, -0.25) is 19.2 Å². The van der Waals surface area contributed by atoms with Gasteiger partial charge < -0.3 is 105 Å². The minimum absolute atomic E-state index is 0.625. The first-order valence-electron chi connectivity index (χ1n) is 18.0. The highest BCUT2D eigenvalue weighted by atomic mass is 16.7. The van der Waals surface area contributed by atoms with Crippen molar-refractivity contribution in [2.24, 2.45) is 0 Å². The summed E-state index contributed by atoms with van der Waals surface area (Å²) in [6, 6.07) is -5.65. The van der Waals surface area contributed by atoms with Crippen LogP contribution in [-0.2, 0) is 52.3 Å². The van der Waals surface area contributed by atoms with Gasteiger partial charge in [-0.05, 0) is 0 Å². The first-order valence-corrected chi connectivity index (χ1v) is 18.0. The standard InChI is InChI=1S/C32H54N4O21/c1-9(38)33-17-25(46)22(43)14(54-29(17)50)6-51-31-19(35-11(3)40)27(48)24(45)16(56-31)8-53-32-20(36-12(4)41)28(49)23(44)15(57-32)7-52-30-18(34-10(2)39)26(47)21(42)13(5-37)55-30/h13-32,37,42-50H,5-8H2,1-4H3,(H,33,38)(H,34,39)(H,35,40)(H,36,41)/t13-,14-,15-,16-,17-,18-,19-,20-,21+,22+,23+,24+,25-,26-,27-,28-,29?,30-,31-,32-/m1/s1. The van der Waals surface area contributed by atoms with Crippen molar-refractivity contribution in [3.8, 4) is 0 Å². The van der Waals surface area contributed by atoms with Crippen molar-refractivity contribution in [3.05, 3.63) is 0 Å². The van der Waals surface area contributed by atoms with Gasteiger partial charge in [-0.15, -0.1) is 0 Å². The molecule has 14 N–H and O–H groups in total. The lowest BCUT2D eigenvalue weighted by Gasteiger charge is -2.46. The third kappa shape index (κ3) is 11.5. The van der Waals surface area contributed by atoms with Crippen LogP contribution in [0.25, 0.3) is 0 Å². The highest BCUT2D eigenvalue weighted by molar-refractivity contribution is 5.74. The van der Waals surface area contributed by atoms with Crippen molar-refractivity contribution in [1.29, 1.82) is 0 Å². The quantitative estimate of drug-likeness (QED) is 0.0773. The molecule has 4 aliphatic rings. The van der Waals surface area contributed by atoms with Crippen molar-refractivity contribution < 1.29 is 103 Å². The number of hydrogen-bond acceptors (Lipinski definition) is 21. The van der Waals surface area contributed by atoms with Gasteiger partial charge in [0, 0.05) is 27.7 Å². The summed E-state index contributed by atoms with van der Waals surface area (Å²) in [7, 11) is 0. The van der Waals surface area contributed by atoms with Crippen LogP contribution >= 0.6 is 0 Å². The summed E-state index contributed by atoms with van der Waals surface area (Å²) in [5, 5.41) is 115. The van der Waals surface area contributed by atoms with Gasteiger partial charge >= 0.3 is 0 Å². The number of rotatable bonds is 14. The Morgan fingerprint density at radius 1 is 0.421 bits per heavy atom. The molecule has 328 valence electrons. The molecule has 4 fully saturated rings. The van der Waals surface area contributed by atoms with Crippen LogP contribution in [0, 0.1) is 0 Å². The number of aliphatic hydroxyl groups is 10. The van der Waals surface area contributed by atoms with E-state index in [2.05, 4.69) is 21.3 Å². The fraction of sp³-hybridized carbons (Fsp3) is 0.875. The lowest BCUT2D eigenvalue weighted by atomic mass is 9.95. The van der Waals surface area contributed by atoms with E-state index in [0.717, 1.165) is 27.7 Å². The molecule has 57 heavy (non-hydrogen) atoms. The van der Waals surface area contributed by atoms with Crippen LogP contribution in [0.1, 0.15) is 27.7 Å². The summed E-state index contributed by atoms with van der Waals surface area (Å²) < 4.78 is 39.8. The Morgan fingerprint density at radius 2 is 0.684 bits per heavy atom. The number of carbonyl (C=O) groups is 4. The predicted octanol–water partition coefficient (Wildman–Crippen LogP) is -9.17. The molecule has 0 saturated carbocycles. The van der Waals surface area contributed by atoms with Gasteiger partial charge in [-0.25, -0.2) is 0 Å². The molecule has 1 unspecified atom stereocenters. The van der Waals surface area contributed by atoms with Gasteiger partial charge in [0.2, 0.25) is 23.6 Å². The highest BCUT2D eigenvalue weighted by Crippen LogP contribution is 2.29. The van der Waals surface area contributed by atoms with Gasteiger partial charge in [-0.1, -0.05) is 0 Å². The van der Waals surface area contributed by atoms with Crippen molar-refractivity contribution in [1.82, 2.24) is 21.3 Å². The van der Waals surface area contributed by atoms with Gasteiger partial charge in [0.1, 0.15) is 97.4 Å².